The molecule has 1 saturated heterocycles. The zero-order chi connectivity index (χ0) is 10.4. The van der Waals surface area contributed by atoms with E-state index in [9.17, 15) is 10.2 Å². The van der Waals surface area contributed by atoms with Gasteiger partial charge in [-0.2, -0.15) is 0 Å². The highest BCUT2D eigenvalue weighted by Gasteiger charge is 2.28. The number of likely N-dealkylation sites (tertiary alicyclic amines) is 1. The highest BCUT2D eigenvalue weighted by molar-refractivity contribution is 4.82. The number of nitrogens with zero attached hydrogens (tertiary/aromatic N) is 1. The summed E-state index contributed by atoms with van der Waals surface area (Å²) >= 11 is 0. The SMILES string of the molecule is OCCCCCCN1CC(O)C(O)C1. The van der Waals surface area contributed by atoms with Crippen LogP contribution in [0.25, 0.3) is 0 Å². The molecule has 0 aromatic heterocycles. The zero-order valence-corrected chi connectivity index (χ0v) is 8.60. The Hall–Kier alpha value is -0.160. The van der Waals surface area contributed by atoms with E-state index < -0.39 is 12.2 Å². The van der Waals surface area contributed by atoms with Gasteiger partial charge in [0.1, 0.15) is 0 Å². The lowest BCUT2D eigenvalue weighted by molar-refractivity contribution is 0.0572. The number of hydrogen-bond donors (Lipinski definition) is 3. The van der Waals surface area contributed by atoms with Crippen molar-refractivity contribution >= 4 is 0 Å². The fraction of sp³-hybridized carbons (Fsp3) is 1.00. The van der Waals surface area contributed by atoms with Gasteiger partial charge in [0.25, 0.3) is 0 Å². The molecule has 3 N–H and O–H groups in total. The molecule has 1 aliphatic rings. The summed E-state index contributed by atoms with van der Waals surface area (Å²) in [6.45, 7) is 2.42. The van der Waals surface area contributed by atoms with Crippen molar-refractivity contribution in [2.24, 2.45) is 0 Å². The number of unbranched alkanes of at least 4 members (excludes halogenated alkanes) is 3. The minimum Gasteiger partial charge on any atom is -0.396 e. The van der Waals surface area contributed by atoms with Gasteiger partial charge in [0.2, 0.25) is 0 Å². The van der Waals surface area contributed by atoms with Crippen LogP contribution in [0.2, 0.25) is 0 Å². The summed E-state index contributed by atoms with van der Waals surface area (Å²) in [5.41, 5.74) is 0. The molecule has 4 heteroatoms. The topological polar surface area (TPSA) is 63.9 Å². The number of aliphatic hydroxyl groups is 3. The van der Waals surface area contributed by atoms with Crippen molar-refractivity contribution in [2.75, 3.05) is 26.2 Å². The quantitative estimate of drug-likeness (QED) is 0.513. The van der Waals surface area contributed by atoms with E-state index in [1.165, 1.54) is 0 Å². The maximum absolute atomic E-state index is 9.28. The van der Waals surface area contributed by atoms with Crippen LogP contribution in [0.4, 0.5) is 0 Å². The Kier molecular flexibility index (Phi) is 5.40. The molecular weight excluding hydrogens is 182 g/mol. The second-order valence-electron chi connectivity index (χ2n) is 4.03. The molecule has 1 heterocycles. The van der Waals surface area contributed by atoms with Crippen LogP contribution in [0.5, 0.6) is 0 Å². The first kappa shape index (κ1) is 11.9. The van der Waals surface area contributed by atoms with Gasteiger partial charge in [0, 0.05) is 19.7 Å². The van der Waals surface area contributed by atoms with Crippen molar-refractivity contribution in [1.82, 2.24) is 4.90 Å². The Labute approximate surface area is 85.2 Å². The lowest BCUT2D eigenvalue weighted by atomic mass is 10.2. The molecular formula is C10H21NO3. The Bertz CT molecular complexity index is 144. The van der Waals surface area contributed by atoms with E-state index in [1.54, 1.807) is 0 Å². The van der Waals surface area contributed by atoms with Crippen LogP contribution in [-0.2, 0) is 0 Å². The molecule has 84 valence electrons. The molecule has 2 unspecified atom stereocenters. The van der Waals surface area contributed by atoms with Gasteiger partial charge in [-0.25, -0.2) is 0 Å². The molecule has 14 heavy (non-hydrogen) atoms. The van der Waals surface area contributed by atoms with Crippen LogP contribution in [0.3, 0.4) is 0 Å². The maximum atomic E-state index is 9.28. The lowest BCUT2D eigenvalue weighted by Crippen LogP contribution is -2.23. The van der Waals surface area contributed by atoms with Crippen molar-refractivity contribution in [3.05, 3.63) is 0 Å². The fourth-order valence-corrected chi connectivity index (χ4v) is 1.83. The van der Waals surface area contributed by atoms with Gasteiger partial charge in [0.05, 0.1) is 12.2 Å². The molecule has 1 rings (SSSR count). The molecule has 0 aromatic rings. The van der Waals surface area contributed by atoms with Crippen LogP contribution >= 0.6 is 0 Å². The molecule has 0 spiro atoms. The van der Waals surface area contributed by atoms with Crippen LogP contribution < -0.4 is 0 Å². The van der Waals surface area contributed by atoms with Gasteiger partial charge >= 0.3 is 0 Å². The van der Waals surface area contributed by atoms with E-state index in [0.717, 1.165) is 32.2 Å². The normalized spacial score (nSPS) is 28.5. The summed E-state index contributed by atoms with van der Waals surface area (Å²) in [4.78, 5) is 2.09. The third-order valence-electron chi connectivity index (χ3n) is 2.72. The number of rotatable bonds is 6. The van der Waals surface area contributed by atoms with Crippen molar-refractivity contribution in [3.63, 3.8) is 0 Å². The molecule has 1 aliphatic heterocycles. The van der Waals surface area contributed by atoms with Gasteiger partial charge in [-0.15, -0.1) is 0 Å². The average Bonchev–Trinajstić information content (AvgIpc) is 2.46. The van der Waals surface area contributed by atoms with Gasteiger partial charge in [-0.1, -0.05) is 12.8 Å². The molecule has 0 aromatic carbocycles. The Morgan fingerprint density at radius 2 is 1.50 bits per heavy atom. The third-order valence-corrected chi connectivity index (χ3v) is 2.72. The second-order valence-corrected chi connectivity index (χ2v) is 4.03. The first-order valence-corrected chi connectivity index (χ1v) is 5.43. The lowest BCUT2D eigenvalue weighted by Gasteiger charge is -2.13. The van der Waals surface area contributed by atoms with E-state index >= 15 is 0 Å². The van der Waals surface area contributed by atoms with Crippen molar-refractivity contribution in [2.45, 2.75) is 37.9 Å². The van der Waals surface area contributed by atoms with Gasteiger partial charge in [-0.05, 0) is 19.4 Å². The largest absolute Gasteiger partial charge is 0.396 e. The molecule has 2 atom stereocenters. The molecule has 0 bridgehead atoms. The Balaban J connectivity index is 1.97. The number of hydrogen-bond acceptors (Lipinski definition) is 4. The maximum Gasteiger partial charge on any atom is 0.0938 e. The Morgan fingerprint density at radius 1 is 0.929 bits per heavy atom. The molecule has 1 fully saturated rings. The van der Waals surface area contributed by atoms with E-state index in [0.29, 0.717) is 13.1 Å². The van der Waals surface area contributed by atoms with Crippen molar-refractivity contribution in [1.29, 1.82) is 0 Å². The highest BCUT2D eigenvalue weighted by atomic mass is 16.3. The van der Waals surface area contributed by atoms with Crippen LogP contribution in [0.15, 0.2) is 0 Å². The first-order valence-electron chi connectivity index (χ1n) is 5.43. The summed E-state index contributed by atoms with van der Waals surface area (Å²) in [6.07, 6.45) is 3.02. The summed E-state index contributed by atoms with van der Waals surface area (Å²) in [7, 11) is 0. The monoisotopic (exact) mass is 203 g/mol. The molecule has 0 amide bonds. The minimum absolute atomic E-state index is 0.279. The average molecular weight is 203 g/mol. The van der Waals surface area contributed by atoms with E-state index in [1.807, 2.05) is 0 Å². The highest BCUT2D eigenvalue weighted by Crippen LogP contribution is 2.11. The predicted octanol–water partition coefficient (Wildman–Crippen LogP) is -0.424. The second kappa shape index (κ2) is 6.35. The molecule has 4 nitrogen and oxygen atoms in total. The molecule has 0 saturated carbocycles. The standard InChI is InChI=1S/C10H21NO3/c12-6-4-2-1-3-5-11-7-9(13)10(14)8-11/h9-10,12-14H,1-8H2. The van der Waals surface area contributed by atoms with Crippen molar-refractivity contribution < 1.29 is 15.3 Å². The third kappa shape index (κ3) is 3.92. The smallest absolute Gasteiger partial charge is 0.0938 e. The summed E-state index contributed by atoms with van der Waals surface area (Å²) in [5.74, 6) is 0. The predicted molar refractivity (Wildman–Crippen MR) is 54.0 cm³/mol. The minimum atomic E-state index is -0.563. The first-order chi connectivity index (χ1) is 6.74. The van der Waals surface area contributed by atoms with Gasteiger partial charge in [0.15, 0.2) is 0 Å². The van der Waals surface area contributed by atoms with Gasteiger partial charge < -0.3 is 15.3 Å². The van der Waals surface area contributed by atoms with Crippen LogP contribution in [0.1, 0.15) is 25.7 Å². The zero-order valence-electron chi connectivity index (χ0n) is 8.60. The number of aliphatic hydroxyl groups excluding tert-OH is 3. The number of β-amino-alcohol motifs (C(OH)–C–C–N with tert-alkyl or cyclic N) is 2. The molecule has 0 radical (unpaired) electrons. The summed E-state index contributed by atoms with van der Waals surface area (Å²) < 4.78 is 0. The van der Waals surface area contributed by atoms with E-state index in [2.05, 4.69) is 4.90 Å². The van der Waals surface area contributed by atoms with E-state index in [4.69, 9.17) is 5.11 Å². The van der Waals surface area contributed by atoms with Crippen LogP contribution in [-0.4, -0.2) is 58.7 Å². The summed E-state index contributed by atoms with van der Waals surface area (Å²) in [5, 5.41) is 27.1. The van der Waals surface area contributed by atoms with Crippen LogP contribution in [0, 0.1) is 0 Å². The molecule has 0 aliphatic carbocycles. The van der Waals surface area contributed by atoms with Crippen molar-refractivity contribution in [3.8, 4) is 0 Å². The van der Waals surface area contributed by atoms with E-state index in [-0.39, 0.29) is 6.61 Å². The fourth-order valence-electron chi connectivity index (χ4n) is 1.83. The Morgan fingerprint density at radius 3 is 2.07 bits per heavy atom. The van der Waals surface area contributed by atoms with Gasteiger partial charge in [-0.3, -0.25) is 4.90 Å². The summed E-state index contributed by atoms with van der Waals surface area (Å²) in [6, 6.07) is 0.